The van der Waals surface area contributed by atoms with Crippen LogP contribution in [0.2, 0.25) is 0 Å². The Labute approximate surface area is 52.8 Å². The van der Waals surface area contributed by atoms with Crippen molar-refractivity contribution in [3.8, 4) is 0 Å². The molecular weight excluding hydrogens is 122 g/mol. The topological polar surface area (TPSA) is 77.0 Å². The number of carbonyl (C=O) groups excluding carboxylic acids is 1. The average Bonchev–Trinajstić information content (AvgIpc) is 1.85. The maximum absolute atomic E-state index is 10.4. The molecule has 0 unspecified atom stereocenters. The van der Waals surface area contributed by atoms with Crippen molar-refractivity contribution in [2.45, 2.75) is 19.8 Å². The van der Waals surface area contributed by atoms with E-state index in [0.29, 0.717) is 6.42 Å². The summed E-state index contributed by atoms with van der Waals surface area (Å²) in [6.07, 6.45) is 1.08. The highest BCUT2D eigenvalue weighted by atomic mass is 16.7. The van der Waals surface area contributed by atoms with Gasteiger partial charge >= 0.3 is 5.97 Å². The molecule has 0 radical (unpaired) electrons. The average molecular weight is 131 g/mol. The van der Waals surface area contributed by atoms with Gasteiger partial charge in [0.25, 0.3) is 0 Å². The molecule has 0 aliphatic carbocycles. The second-order valence-corrected chi connectivity index (χ2v) is 1.41. The smallest absolute Gasteiger partial charge is 0.302 e. The molecular formula is C4H9N3O2. The molecule has 2 N–H and O–H groups in total. The van der Waals surface area contributed by atoms with Crippen LogP contribution in [0, 0.1) is 0 Å². The van der Waals surface area contributed by atoms with Crippen LogP contribution in [-0.4, -0.2) is 5.97 Å². The van der Waals surface area contributed by atoms with Gasteiger partial charge in [0, 0.05) is 6.42 Å². The molecule has 0 aliphatic rings. The quantitative estimate of drug-likeness (QED) is 0.345. The SMILES string of the molecule is CCCC(=O)ON=NN. The third-order valence-corrected chi connectivity index (χ3v) is 0.644. The molecule has 5 nitrogen and oxygen atoms in total. The molecule has 0 amide bonds. The van der Waals surface area contributed by atoms with Gasteiger partial charge < -0.3 is 5.84 Å². The van der Waals surface area contributed by atoms with Crippen LogP contribution in [0.25, 0.3) is 0 Å². The van der Waals surface area contributed by atoms with Crippen LogP contribution >= 0.6 is 0 Å². The standard InChI is InChI=1S/C4H9N3O2/c1-2-3-4(8)9-7-6-5/h2-3H2,1H3,(H2,5,7). The molecule has 0 aromatic rings. The van der Waals surface area contributed by atoms with E-state index in [0.717, 1.165) is 6.42 Å². The molecule has 0 aromatic carbocycles. The molecule has 9 heavy (non-hydrogen) atoms. The third-order valence-electron chi connectivity index (χ3n) is 0.644. The van der Waals surface area contributed by atoms with Gasteiger partial charge in [0.15, 0.2) is 0 Å². The first-order valence-electron chi connectivity index (χ1n) is 2.61. The van der Waals surface area contributed by atoms with E-state index < -0.39 is 5.97 Å². The van der Waals surface area contributed by atoms with Crippen molar-refractivity contribution in [1.82, 2.24) is 0 Å². The summed E-state index contributed by atoms with van der Waals surface area (Å²) in [4.78, 5) is 14.5. The molecule has 0 fully saturated rings. The van der Waals surface area contributed by atoms with E-state index in [1.807, 2.05) is 6.92 Å². The first kappa shape index (κ1) is 7.87. The van der Waals surface area contributed by atoms with Gasteiger partial charge in [-0.15, -0.1) is 0 Å². The summed E-state index contributed by atoms with van der Waals surface area (Å²) in [5.74, 6) is 4.14. The molecule has 0 rings (SSSR count). The number of nitrogens with two attached hydrogens (primary N) is 1. The number of nitrogens with zero attached hydrogens (tertiary/aromatic N) is 2. The van der Waals surface area contributed by atoms with Crippen molar-refractivity contribution >= 4 is 5.97 Å². The van der Waals surface area contributed by atoms with E-state index in [9.17, 15) is 4.79 Å². The second kappa shape index (κ2) is 5.02. The van der Waals surface area contributed by atoms with Crippen LogP contribution in [0.1, 0.15) is 19.8 Å². The van der Waals surface area contributed by atoms with Gasteiger partial charge in [0.05, 0.1) is 5.28 Å². The third kappa shape index (κ3) is 4.73. The molecule has 0 heterocycles. The lowest BCUT2D eigenvalue weighted by atomic mass is 10.3. The molecule has 0 saturated heterocycles. The Hall–Kier alpha value is -1.13. The molecule has 0 atom stereocenters. The van der Waals surface area contributed by atoms with Crippen molar-refractivity contribution < 1.29 is 9.63 Å². The maximum Gasteiger partial charge on any atom is 0.337 e. The predicted molar refractivity (Wildman–Crippen MR) is 30.0 cm³/mol. The fraction of sp³-hybridized carbons (Fsp3) is 0.750. The first-order chi connectivity index (χ1) is 4.31. The first-order valence-corrected chi connectivity index (χ1v) is 2.61. The van der Waals surface area contributed by atoms with Gasteiger partial charge in [-0.1, -0.05) is 6.92 Å². The van der Waals surface area contributed by atoms with Crippen molar-refractivity contribution in [2.24, 2.45) is 16.3 Å². The minimum atomic E-state index is -0.410. The lowest BCUT2D eigenvalue weighted by Crippen LogP contribution is -1.97. The van der Waals surface area contributed by atoms with E-state index in [2.05, 4.69) is 21.2 Å². The zero-order chi connectivity index (χ0) is 7.11. The van der Waals surface area contributed by atoms with Crippen molar-refractivity contribution in [2.75, 3.05) is 0 Å². The van der Waals surface area contributed by atoms with Gasteiger partial charge in [-0.05, 0) is 11.6 Å². The minimum absolute atomic E-state index is 0.346. The fourth-order valence-electron chi connectivity index (χ4n) is 0.319. The second-order valence-electron chi connectivity index (χ2n) is 1.41. The monoisotopic (exact) mass is 131 g/mol. The number of hydrogen-bond acceptors (Lipinski definition) is 4. The van der Waals surface area contributed by atoms with Gasteiger partial charge in [0.1, 0.15) is 0 Å². The highest BCUT2D eigenvalue weighted by molar-refractivity contribution is 5.68. The number of hydrogen-bond donors (Lipinski definition) is 1. The van der Waals surface area contributed by atoms with E-state index in [1.54, 1.807) is 0 Å². The van der Waals surface area contributed by atoms with Crippen LogP contribution in [0.3, 0.4) is 0 Å². The highest BCUT2D eigenvalue weighted by Crippen LogP contribution is 1.90. The fourth-order valence-corrected chi connectivity index (χ4v) is 0.319. The number of rotatable bonds is 3. The van der Waals surface area contributed by atoms with Crippen molar-refractivity contribution in [3.63, 3.8) is 0 Å². The Morgan fingerprint density at radius 2 is 2.44 bits per heavy atom. The van der Waals surface area contributed by atoms with E-state index >= 15 is 0 Å². The van der Waals surface area contributed by atoms with Crippen molar-refractivity contribution in [3.05, 3.63) is 0 Å². The van der Waals surface area contributed by atoms with Gasteiger partial charge in [-0.3, -0.25) is 4.84 Å². The Morgan fingerprint density at radius 3 is 2.89 bits per heavy atom. The lowest BCUT2D eigenvalue weighted by Gasteiger charge is -1.89. The molecule has 0 aliphatic heterocycles. The number of carbonyl (C=O) groups is 1. The summed E-state index contributed by atoms with van der Waals surface area (Å²) in [7, 11) is 0. The van der Waals surface area contributed by atoms with Crippen LogP contribution < -0.4 is 5.84 Å². The molecule has 0 bridgehead atoms. The summed E-state index contributed by atoms with van der Waals surface area (Å²) in [5.41, 5.74) is 0. The van der Waals surface area contributed by atoms with E-state index in [1.165, 1.54) is 0 Å². The maximum atomic E-state index is 10.4. The van der Waals surface area contributed by atoms with E-state index in [4.69, 9.17) is 0 Å². The Kier molecular flexibility index (Phi) is 4.39. The Balaban J connectivity index is 3.27. The summed E-state index contributed by atoms with van der Waals surface area (Å²) in [5, 5.41) is 5.58. The summed E-state index contributed by atoms with van der Waals surface area (Å²) < 4.78 is 0. The van der Waals surface area contributed by atoms with Crippen LogP contribution in [0.15, 0.2) is 10.5 Å². The van der Waals surface area contributed by atoms with Gasteiger partial charge in [-0.25, -0.2) is 4.79 Å². The molecule has 0 aromatic heterocycles. The lowest BCUT2D eigenvalue weighted by molar-refractivity contribution is -0.144. The molecule has 0 spiro atoms. The Bertz CT molecular complexity index is 112. The predicted octanol–water partition coefficient (Wildman–Crippen LogP) is 0.571. The summed E-state index contributed by atoms with van der Waals surface area (Å²) >= 11 is 0. The zero-order valence-corrected chi connectivity index (χ0v) is 5.20. The van der Waals surface area contributed by atoms with E-state index in [-0.39, 0.29) is 0 Å². The Morgan fingerprint density at radius 1 is 1.78 bits per heavy atom. The molecule has 5 heteroatoms. The van der Waals surface area contributed by atoms with Gasteiger partial charge in [0.2, 0.25) is 0 Å². The zero-order valence-electron chi connectivity index (χ0n) is 5.20. The molecule has 0 saturated carbocycles. The van der Waals surface area contributed by atoms with Crippen LogP contribution in [-0.2, 0) is 9.63 Å². The van der Waals surface area contributed by atoms with Gasteiger partial charge in [-0.2, -0.15) is 0 Å². The van der Waals surface area contributed by atoms with Crippen molar-refractivity contribution in [1.29, 1.82) is 0 Å². The van der Waals surface area contributed by atoms with Crippen LogP contribution in [0.5, 0.6) is 0 Å². The largest absolute Gasteiger partial charge is 0.337 e. The summed E-state index contributed by atoms with van der Waals surface area (Å²) in [6.45, 7) is 1.86. The summed E-state index contributed by atoms with van der Waals surface area (Å²) in [6, 6.07) is 0. The minimum Gasteiger partial charge on any atom is -0.302 e. The van der Waals surface area contributed by atoms with Crippen LogP contribution in [0.4, 0.5) is 0 Å². The highest BCUT2D eigenvalue weighted by Gasteiger charge is 1.97. The normalized spacial score (nSPS) is 9.89. The molecule has 52 valence electrons.